The number of benzene rings is 1. The predicted octanol–water partition coefficient (Wildman–Crippen LogP) is 5.04. The van der Waals surface area contributed by atoms with E-state index in [1.807, 2.05) is 13.0 Å². The van der Waals surface area contributed by atoms with Gasteiger partial charge in [0.1, 0.15) is 5.76 Å². The van der Waals surface area contributed by atoms with Crippen LogP contribution in [0.4, 0.5) is 0 Å². The van der Waals surface area contributed by atoms with E-state index in [0.29, 0.717) is 0 Å². The molecule has 0 amide bonds. The van der Waals surface area contributed by atoms with E-state index in [1.165, 1.54) is 11.1 Å². The van der Waals surface area contributed by atoms with E-state index >= 15 is 0 Å². The lowest BCUT2D eigenvalue weighted by molar-refractivity contribution is 0.532. The van der Waals surface area contributed by atoms with E-state index < -0.39 is 0 Å². The second kappa shape index (κ2) is 5.62. The van der Waals surface area contributed by atoms with Crippen molar-refractivity contribution in [3.8, 4) is 0 Å². The topological polar surface area (TPSA) is 13.1 Å². The Hall–Kier alpha value is -1.21. The number of alkyl halides is 1. The Balaban J connectivity index is 2.33. The number of furan rings is 1. The van der Waals surface area contributed by atoms with Gasteiger partial charge in [0.15, 0.2) is 0 Å². The molecule has 0 fully saturated rings. The van der Waals surface area contributed by atoms with Crippen molar-refractivity contribution in [2.24, 2.45) is 0 Å². The van der Waals surface area contributed by atoms with Crippen LogP contribution >= 0.6 is 11.6 Å². The molecule has 1 aromatic heterocycles. The average molecular weight is 263 g/mol. The molecule has 1 heterocycles. The van der Waals surface area contributed by atoms with Crippen LogP contribution in [0.15, 0.2) is 34.9 Å². The van der Waals surface area contributed by atoms with Gasteiger partial charge in [-0.05, 0) is 42.5 Å². The zero-order chi connectivity index (χ0) is 13.1. The van der Waals surface area contributed by atoms with Gasteiger partial charge >= 0.3 is 0 Å². The zero-order valence-corrected chi connectivity index (χ0v) is 11.9. The fraction of sp³-hybridized carbons (Fsp3) is 0.375. The molecular formula is C16H19ClO. The van der Waals surface area contributed by atoms with E-state index in [0.717, 1.165) is 29.7 Å². The van der Waals surface area contributed by atoms with E-state index in [9.17, 15) is 0 Å². The van der Waals surface area contributed by atoms with Crippen LogP contribution in [-0.2, 0) is 12.8 Å². The average Bonchev–Trinajstić information content (AvgIpc) is 2.83. The van der Waals surface area contributed by atoms with Gasteiger partial charge in [0.05, 0.1) is 11.6 Å². The Morgan fingerprint density at radius 1 is 1.06 bits per heavy atom. The van der Waals surface area contributed by atoms with Gasteiger partial charge in [0, 0.05) is 5.56 Å². The first-order valence-corrected chi connectivity index (χ1v) is 6.90. The first kappa shape index (κ1) is 13.2. The van der Waals surface area contributed by atoms with Crippen LogP contribution < -0.4 is 0 Å². The summed E-state index contributed by atoms with van der Waals surface area (Å²) < 4.78 is 5.32. The van der Waals surface area contributed by atoms with Crippen molar-refractivity contribution in [1.82, 2.24) is 0 Å². The minimum Gasteiger partial charge on any atom is -0.469 e. The van der Waals surface area contributed by atoms with Gasteiger partial charge in [-0.1, -0.05) is 32.0 Å². The van der Waals surface area contributed by atoms with E-state index in [1.54, 1.807) is 6.26 Å². The largest absolute Gasteiger partial charge is 0.469 e. The van der Waals surface area contributed by atoms with Crippen LogP contribution in [0, 0.1) is 6.92 Å². The van der Waals surface area contributed by atoms with Crippen molar-refractivity contribution in [3.63, 3.8) is 0 Å². The van der Waals surface area contributed by atoms with Crippen LogP contribution in [0.2, 0.25) is 0 Å². The summed E-state index contributed by atoms with van der Waals surface area (Å²) in [6, 6.07) is 8.53. The highest BCUT2D eigenvalue weighted by Crippen LogP contribution is 2.31. The molecule has 2 aromatic rings. The van der Waals surface area contributed by atoms with Crippen molar-refractivity contribution in [2.45, 2.75) is 39.0 Å². The molecule has 0 saturated carbocycles. The molecule has 0 aliphatic rings. The highest BCUT2D eigenvalue weighted by Gasteiger charge is 2.14. The third kappa shape index (κ3) is 2.62. The highest BCUT2D eigenvalue weighted by molar-refractivity contribution is 6.22. The molecule has 2 rings (SSSR count). The summed E-state index contributed by atoms with van der Waals surface area (Å²) in [6.45, 7) is 6.31. The van der Waals surface area contributed by atoms with Crippen LogP contribution in [-0.4, -0.2) is 0 Å². The first-order chi connectivity index (χ1) is 8.65. The molecule has 0 radical (unpaired) electrons. The Morgan fingerprint density at radius 3 is 2.33 bits per heavy atom. The quantitative estimate of drug-likeness (QED) is 0.704. The van der Waals surface area contributed by atoms with Crippen molar-refractivity contribution >= 4 is 11.6 Å². The molecule has 0 N–H and O–H groups in total. The molecule has 1 unspecified atom stereocenters. The third-order valence-electron chi connectivity index (χ3n) is 3.33. The van der Waals surface area contributed by atoms with Gasteiger partial charge in [0.25, 0.3) is 0 Å². The summed E-state index contributed by atoms with van der Waals surface area (Å²) in [4.78, 5) is 0. The van der Waals surface area contributed by atoms with Crippen molar-refractivity contribution in [1.29, 1.82) is 0 Å². The molecule has 0 bridgehead atoms. The Labute approximate surface area is 114 Å². The second-order valence-electron chi connectivity index (χ2n) is 4.59. The van der Waals surface area contributed by atoms with Crippen molar-refractivity contribution < 1.29 is 4.42 Å². The number of rotatable bonds is 4. The molecule has 2 heteroatoms. The highest BCUT2D eigenvalue weighted by atomic mass is 35.5. The van der Waals surface area contributed by atoms with Crippen LogP contribution in [0.1, 0.15) is 47.2 Å². The fourth-order valence-electron chi connectivity index (χ4n) is 2.27. The van der Waals surface area contributed by atoms with Crippen molar-refractivity contribution in [3.05, 3.63) is 58.5 Å². The van der Waals surface area contributed by atoms with Crippen molar-refractivity contribution in [2.75, 3.05) is 0 Å². The van der Waals surface area contributed by atoms with Crippen LogP contribution in [0.3, 0.4) is 0 Å². The van der Waals surface area contributed by atoms with E-state index in [-0.39, 0.29) is 5.38 Å². The number of aryl methyl sites for hydroxylation is 3. The molecule has 1 nitrogen and oxygen atoms in total. The monoisotopic (exact) mass is 262 g/mol. The van der Waals surface area contributed by atoms with Gasteiger partial charge in [0.2, 0.25) is 0 Å². The minimum atomic E-state index is -0.126. The van der Waals surface area contributed by atoms with E-state index in [2.05, 4.69) is 32.0 Å². The Bertz CT molecular complexity index is 528. The van der Waals surface area contributed by atoms with Crippen LogP contribution in [0.25, 0.3) is 0 Å². The molecule has 96 valence electrons. The fourth-order valence-corrected chi connectivity index (χ4v) is 2.52. The lowest BCUT2D eigenvalue weighted by Crippen LogP contribution is -1.97. The Kier molecular flexibility index (Phi) is 4.13. The maximum absolute atomic E-state index is 6.51. The summed E-state index contributed by atoms with van der Waals surface area (Å²) in [6.07, 6.45) is 3.86. The molecule has 18 heavy (non-hydrogen) atoms. The molecule has 0 spiro atoms. The number of hydrogen-bond donors (Lipinski definition) is 0. The lowest BCUT2D eigenvalue weighted by Gasteiger charge is -2.12. The summed E-state index contributed by atoms with van der Waals surface area (Å²) in [5.74, 6) is 0.900. The predicted molar refractivity (Wildman–Crippen MR) is 76.3 cm³/mol. The molecule has 0 aliphatic carbocycles. The third-order valence-corrected chi connectivity index (χ3v) is 3.83. The Morgan fingerprint density at radius 2 is 1.78 bits per heavy atom. The summed E-state index contributed by atoms with van der Waals surface area (Å²) in [5.41, 5.74) is 4.97. The van der Waals surface area contributed by atoms with Gasteiger partial charge in [-0.2, -0.15) is 0 Å². The first-order valence-electron chi connectivity index (χ1n) is 6.46. The summed E-state index contributed by atoms with van der Waals surface area (Å²) >= 11 is 6.51. The van der Waals surface area contributed by atoms with Gasteiger partial charge < -0.3 is 4.42 Å². The number of hydrogen-bond acceptors (Lipinski definition) is 1. The maximum atomic E-state index is 6.51. The van der Waals surface area contributed by atoms with Crippen LogP contribution in [0.5, 0.6) is 0 Å². The van der Waals surface area contributed by atoms with Gasteiger partial charge in [-0.15, -0.1) is 11.6 Å². The SMILES string of the molecule is CCc1ccc(C(Cl)c2coc(C)c2)cc1CC. The van der Waals surface area contributed by atoms with Gasteiger partial charge in [-0.25, -0.2) is 0 Å². The standard InChI is InChI=1S/C16H19ClO/c1-4-12-6-7-14(9-13(12)5-2)16(17)15-8-11(3)18-10-15/h6-10,16H,4-5H2,1-3H3. The lowest BCUT2D eigenvalue weighted by atomic mass is 9.97. The molecule has 1 atom stereocenters. The molecule has 0 saturated heterocycles. The summed E-state index contributed by atoms with van der Waals surface area (Å²) in [5, 5.41) is -0.126. The second-order valence-corrected chi connectivity index (χ2v) is 5.02. The smallest absolute Gasteiger partial charge is 0.101 e. The molecule has 0 aliphatic heterocycles. The normalized spacial score (nSPS) is 12.7. The van der Waals surface area contributed by atoms with Gasteiger partial charge in [-0.3, -0.25) is 0 Å². The zero-order valence-electron chi connectivity index (χ0n) is 11.2. The van der Waals surface area contributed by atoms with E-state index in [4.69, 9.17) is 16.0 Å². The summed E-state index contributed by atoms with van der Waals surface area (Å²) in [7, 11) is 0. The molecule has 1 aromatic carbocycles. The maximum Gasteiger partial charge on any atom is 0.101 e. The molecular weight excluding hydrogens is 244 g/mol. The number of halogens is 1. The minimum absolute atomic E-state index is 0.126.